The van der Waals surface area contributed by atoms with Crippen LogP contribution in [0, 0.1) is 5.82 Å². The summed E-state index contributed by atoms with van der Waals surface area (Å²) < 4.78 is 19.6. The molecule has 26 heavy (non-hydrogen) atoms. The molecule has 3 amide bonds. The van der Waals surface area contributed by atoms with Gasteiger partial charge in [-0.25, -0.2) is 9.18 Å². The van der Waals surface area contributed by atoms with Crippen LogP contribution >= 0.6 is 15.9 Å². The van der Waals surface area contributed by atoms with Gasteiger partial charge in [-0.2, -0.15) is 0 Å². The second-order valence-corrected chi connectivity index (χ2v) is 6.50. The molecule has 0 unspecified atom stereocenters. The van der Waals surface area contributed by atoms with Gasteiger partial charge in [0.15, 0.2) is 0 Å². The molecule has 1 saturated heterocycles. The largest absolute Gasteiger partial charge is 0.488 e. The Labute approximate surface area is 158 Å². The molecule has 1 N–H and O–H groups in total. The number of nitrogens with one attached hydrogen (secondary N) is 1. The first kappa shape index (κ1) is 18.1. The van der Waals surface area contributed by atoms with Crippen LogP contribution in [0.3, 0.4) is 0 Å². The van der Waals surface area contributed by atoms with Crippen LogP contribution in [-0.4, -0.2) is 23.4 Å². The van der Waals surface area contributed by atoms with E-state index in [0.29, 0.717) is 16.8 Å². The van der Waals surface area contributed by atoms with Crippen molar-refractivity contribution in [1.82, 2.24) is 10.2 Å². The highest BCUT2D eigenvalue weighted by molar-refractivity contribution is 9.10. The van der Waals surface area contributed by atoms with Crippen LogP contribution in [0.25, 0.3) is 6.08 Å². The van der Waals surface area contributed by atoms with E-state index in [2.05, 4.69) is 21.2 Å². The monoisotopic (exact) mass is 418 g/mol. The van der Waals surface area contributed by atoms with Crippen LogP contribution in [0.1, 0.15) is 18.1 Å². The van der Waals surface area contributed by atoms with Crippen LogP contribution in [0.15, 0.2) is 52.6 Å². The van der Waals surface area contributed by atoms with Crippen LogP contribution < -0.4 is 10.1 Å². The third-order valence-corrected chi connectivity index (χ3v) is 4.45. The van der Waals surface area contributed by atoms with E-state index in [1.54, 1.807) is 43.3 Å². The average Bonchev–Trinajstić information content (AvgIpc) is 2.87. The highest BCUT2D eigenvalue weighted by Crippen LogP contribution is 2.28. The zero-order valence-electron chi connectivity index (χ0n) is 14.0. The number of imide groups is 1. The first-order valence-electron chi connectivity index (χ1n) is 7.99. The van der Waals surface area contributed by atoms with Crippen molar-refractivity contribution in [2.45, 2.75) is 13.5 Å². The van der Waals surface area contributed by atoms with E-state index in [1.165, 1.54) is 12.1 Å². The maximum Gasteiger partial charge on any atom is 0.328 e. The third-order valence-electron chi connectivity index (χ3n) is 3.83. The van der Waals surface area contributed by atoms with Gasteiger partial charge in [0.05, 0.1) is 4.47 Å². The summed E-state index contributed by atoms with van der Waals surface area (Å²) in [6.07, 6.45) is 1.61. The summed E-state index contributed by atoms with van der Waals surface area (Å²) in [4.78, 5) is 24.9. The van der Waals surface area contributed by atoms with E-state index in [4.69, 9.17) is 4.74 Å². The molecule has 0 radical (unpaired) electrons. The predicted molar refractivity (Wildman–Crippen MR) is 98.8 cm³/mol. The Morgan fingerprint density at radius 3 is 2.69 bits per heavy atom. The van der Waals surface area contributed by atoms with E-state index in [1.807, 2.05) is 0 Å². The molecule has 1 aliphatic rings. The fraction of sp³-hybridized carbons (Fsp3) is 0.158. The topological polar surface area (TPSA) is 58.6 Å². The van der Waals surface area contributed by atoms with Crippen LogP contribution in [-0.2, 0) is 11.4 Å². The molecule has 2 aromatic rings. The van der Waals surface area contributed by atoms with E-state index >= 15 is 0 Å². The summed E-state index contributed by atoms with van der Waals surface area (Å²) in [5.41, 5.74) is 1.69. The van der Waals surface area contributed by atoms with Crippen molar-refractivity contribution in [2.24, 2.45) is 0 Å². The van der Waals surface area contributed by atoms with Crippen molar-refractivity contribution in [2.75, 3.05) is 6.54 Å². The van der Waals surface area contributed by atoms with Gasteiger partial charge in [-0.15, -0.1) is 0 Å². The number of rotatable bonds is 5. The third kappa shape index (κ3) is 3.94. The molecule has 1 fully saturated rings. The molecule has 5 nitrogen and oxygen atoms in total. The van der Waals surface area contributed by atoms with E-state index in [0.717, 1.165) is 16.0 Å². The van der Waals surface area contributed by atoms with Crippen molar-refractivity contribution in [3.63, 3.8) is 0 Å². The predicted octanol–water partition coefficient (Wildman–Crippen LogP) is 4.08. The van der Waals surface area contributed by atoms with Crippen LogP contribution in [0.5, 0.6) is 5.75 Å². The fourth-order valence-corrected chi connectivity index (χ4v) is 3.05. The normalized spacial score (nSPS) is 15.5. The Morgan fingerprint density at radius 2 is 2.04 bits per heavy atom. The number of benzene rings is 2. The maximum absolute atomic E-state index is 13.2. The summed E-state index contributed by atoms with van der Waals surface area (Å²) >= 11 is 3.43. The van der Waals surface area contributed by atoms with Gasteiger partial charge in [-0.1, -0.05) is 18.2 Å². The van der Waals surface area contributed by atoms with Gasteiger partial charge in [0, 0.05) is 6.54 Å². The van der Waals surface area contributed by atoms with Crippen molar-refractivity contribution < 1.29 is 18.7 Å². The Kier molecular flexibility index (Phi) is 5.37. The molecular weight excluding hydrogens is 403 g/mol. The van der Waals surface area contributed by atoms with Crippen molar-refractivity contribution in [1.29, 1.82) is 0 Å². The van der Waals surface area contributed by atoms with Gasteiger partial charge < -0.3 is 10.1 Å². The molecule has 0 aliphatic carbocycles. The van der Waals surface area contributed by atoms with Crippen molar-refractivity contribution in [3.8, 4) is 5.75 Å². The zero-order chi connectivity index (χ0) is 18.7. The molecule has 0 aromatic heterocycles. The quantitative estimate of drug-likeness (QED) is 0.587. The van der Waals surface area contributed by atoms with Gasteiger partial charge in [0.1, 0.15) is 23.9 Å². The standard InChI is InChI=1S/C19H16BrFN2O3/c1-2-23-18(24)16(22-19(23)25)10-12-6-7-17(15(20)9-12)26-11-13-4-3-5-14(21)8-13/h3-10H,2,11H2,1H3,(H,22,25)/b16-10+. The number of urea groups is 1. The fourth-order valence-electron chi connectivity index (χ4n) is 2.54. The smallest absolute Gasteiger partial charge is 0.328 e. The molecule has 1 aliphatic heterocycles. The number of ether oxygens (including phenoxy) is 1. The average molecular weight is 419 g/mol. The minimum Gasteiger partial charge on any atom is -0.488 e. The van der Waals surface area contributed by atoms with Gasteiger partial charge >= 0.3 is 6.03 Å². The second kappa shape index (κ2) is 7.70. The van der Waals surface area contributed by atoms with Gasteiger partial charge in [-0.05, 0) is 64.3 Å². The van der Waals surface area contributed by atoms with E-state index < -0.39 is 6.03 Å². The molecule has 7 heteroatoms. The molecule has 3 rings (SSSR count). The minimum absolute atomic E-state index is 0.233. The Hall–Kier alpha value is -2.67. The van der Waals surface area contributed by atoms with Gasteiger partial charge in [0.2, 0.25) is 0 Å². The summed E-state index contributed by atoms with van der Waals surface area (Å²) in [5.74, 6) is -0.0648. The lowest BCUT2D eigenvalue weighted by Gasteiger charge is -2.09. The molecule has 134 valence electrons. The number of carbonyl (C=O) groups is 2. The molecule has 0 saturated carbocycles. The highest BCUT2D eigenvalue weighted by atomic mass is 79.9. The van der Waals surface area contributed by atoms with Crippen LogP contribution in [0.2, 0.25) is 0 Å². The van der Waals surface area contributed by atoms with Gasteiger partial charge in [0.25, 0.3) is 5.91 Å². The Morgan fingerprint density at radius 1 is 1.23 bits per heavy atom. The lowest BCUT2D eigenvalue weighted by Crippen LogP contribution is -2.30. The van der Waals surface area contributed by atoms with Crippen molar-refractivity contribution in [3.05, 3.63) is 69.6 Å². The Balaban J connectivity index is 1.73. The minimum atomic E-state index is -0.419. The number of likely N-dealkylation sites (N-methyl/N-ethyl adjacent to an activating group) is 1. The van der Waals surface area contributed by atoms with E-state index in [-0.39, 0.29) is 24.0 Å². The lowest BCUT2D eigenvalue weighted by atomic mass is 10.2. The summed E-state index contributed by atoms with van der Waals surface area (Å²) in [7, 11) is 0. The molecule has 0 spiro atoms. The number of hydrogen-bond donors (Lipinski definition) is 1. The molecule has 1 heterocycles. The summed E-state index contributed by atoms with van der Waals surface area (Å²) in [6, 6.07) is 11.1. The first-order chi connectivity index (χ1) is 12.5. The lowest BCUT2D eigenvalue weighted by molar-refractivity contribution is -0.122. The molecule has 0 atom stereocenters. The number of nitrogens with zero attached hydrogens (tertiary/aromatic N) is 1. The number of amides is 3. The number of hydrogen-bond acceptors (Lipinski definition) is 3. The Bertz CT molecular complexity index is 898. The zero-order valence-corrected chi connectivity index (χ0v) is 15.5. The maximum atomic E-state index is 13.2. The second-order valence-electron chi connectivity index (χ2n) is 5.65. The highest BCUT2D eigenvalue weighted by Gasteiger charge is 2.31. The number of halogens is 2. The first-order valence-corrected chi connectivity index (χ1v) is 8.78. The van der Waals surface area contributed by atoms with Crippen LogP contribution in [0.4, 0.5) is 9.18 Å². The summed E-state index contributed by atoms with van der Waals surface area (Å²) in [6.45, 7) is 2.29. The van der Waals surface area contributed by atoms with E-state index in [9.17, 15) is 14.0 Å². The summed E-state index contributed by atoms with van der Waals surface area (Å²) in [5, 5.41) is 2.56. The van der Waals surface area contributed by atoms with Crippen molar-refractivity contribution >= 4 is 33.9 Å². The molecule has 2 aromatic carbocycles. The molecular formula is C19H16BrFN2O3. The molecule has 0 bridgehead atoms. The SMILES string of the molecule is CCN1C(=O)N/C(=C/c2ccc(OCc3cccc(F)c3)c(Br)c2)C1=O. The number of carbonyl (C=O) groups excluding carboxylic acids is 2. The van der Waals surface area contributed by atoms with Gasteiger partial charge in [-0.3, -0.25) is 9.69 Å².